The first kappa shape index (κ1) is 37.8. The second-order valence-corrected chi connectivity index (χ2v) is 14.5. The Balaban J connectivity index is 1.22. The fourth-order valence-electron chi connectivity index (χ4n) is 6.52. The van der Waals surface area contributed by atoms with Crippen LogP contribution in [0.4, 0.5) is 5.69 Å². The Labute approximate surface area is 307 Å². The van der Waals surface area contributed by atoms with Gasteiger partial charge < -0.3 is 23.1 Å². The lowest BCUT2D eigenvalue weighted by Gasteiger charge is -2.26. The highest BCUT2D eigenvalue weighted by Gasteiger charge is 2.32. The number of aromatic nitrogens is 3. The SMILES string of the molecule is CCOC(=O)CC(c1ccc(C)c(CN2CC=C(Oc3ccccc3[N+](=O)[O-])OS2(=O)=O)c1)c1ccc2c(nnn2CCCOC2CCCCO2)c1C. The third-order valence-electron chi connectivity index (χ3n) is 9.35. The van der Waals surface area contributed by atoms with E-state index in [9.17, 15) is 23.3 Å². The number of fused-ring (bicyclic) bond motifs is 1. The molecule has 4 aromatic rings. The van der Waals surface area contributed by atoms with E-state index in [1.54, 1.807) is 6.92 Å². The van der Waals surface area contributed by atoms with E-state index in [-0.39, 0.29) is 55.8 Å². The maximum absolute atomic E-state index is 13.3. The molecule has 1 fully saturated rings. The van der Waals surface area contributed by atoms with E-state index in [1.807, 2.05) is 48.9 Å². The number of ether oxygens (including phenoxy) is 4. The van der Waals surface area contributed by atoms with Crippen LogP contribution in [0.15, 0.2) is 66.6 Å². The number of esters is 1. The van der Waals surface area contributed by atoms with Crippen molar-refractivity contribution in [2.45, 2.75) is 78.2 Å². The van der Waals surface area contributed by atoms with Crippen molar-refractivity contribution >= 4 is 33.0 Å². The lowest BCUT2D eigenvalue weighted by Crippen LogP contribution is -2.36. The number of rotatable bonds is 15. The number of carbonyl (C=O) groups is 1. The Hall–Kier alpha value is -4.90. The lowest BCUT2D eigenvalue weighted by molar-refractivity contribution is -0.385. The maximum Gasteiger partial charge on any atom is 0.388 e. The van der Waals surface area contributed by atoms with Gasteiger partial charge in [0.15, 0.2) is 6.29 Å². The molecule has 0 saturated carbocycles. The molecule has 15 nitrogen and oxygen atoms in total. The summed E-state index contributed by atoms with van der Waals surface area (Å²) in [6, 6.07) is 15.3. The van der Waals surface area contributed by atoms with Crippen LogP contribution in [0.25, 0.3) is 11.0 Å². The topological polar surface area (TPSA) is 174 Å². The van der Waals surface area contributed by atoms with Gasteiger partial charge in [-0.3, -0.25) is 14.9 Å². The Morgan fingerprint density at radius 1 is 1.13 bits per heavy atom. The van der Waals surface area contributed by atoms with Crippen LogP contribution in [-0.2, 0) is 46.6 Å². The van der Waals surface area contributed by atoms with Crippen LogP contribution in [0.5, 0.6) is 5.75 Å². The van der Waals surface area contributed by atoms with E-state index in [4.69, 9.17) is 23.1 Å². The molecule has 1 aromatic heterocycles. The number of nitrogens with zero attached hydrogens (tertiary/aromatic N) is 5. The van der Waals surface area contributed by atoms with Gasteiger partial charge in [0.25, 0.3) is 0 Å². The van der Waals surface area contributed by atoms with E-state index in [2.05, 4.69) is 10.3 Å². The molecular formula is C37H43N5O10S. The minimum Gasteiger partial charge on any atom is -0.466 e. The number of nitro benzene ring substituents is 1. The van der Waals surface area contributed by atoms with Gasteiger partial charge in [-0.2, -0.15) is 12.7 Å². The summed E-state index contributed by atoms with van der Waals surface area (Å²) in [6.45, 7) is 7.59. The molecule has 282 valence electrons. The van der Waals surface area contributed by atoms with Crippen LogP contribution >= 0.6 is 0 Å². The zero-order valence-corrected chi connectivity index (χ0v) is 30.7. The standard InChI is InChI=1S/C37H43N5O10S/c1-4-48-34(43)23-30(29-15-16-32-37(26(29)3)38-39-41(32)18-9-21-50-35-12-7-8-20-49-35)27-14-13-25(2)28(22-27)24-40-19-17-36(52-53(40,46)47)51-33-11-6-5-10-31(33)42(44)45/h5-6,10-11,13-17,22,30,35H,4,7-9,12,18-21,23-24H2,1-3H3. The Morgan fingerprint density at radius 2 is 1.96 bits per heavy atom. The van der Waals surface area contributed by atoms with Crippen molar-refractivity contribution in [3.05, 3.63) is 105 Å². The van der Waals surface area contributed by atoms with Crippen molar-refractivity contribution in [1.82, 2.24) is 19.3 Å². The molecule has 6 rings (SSSR count). The first-order valence-electron chi connectivity index (χ1n) is 17.7. The number of hydrogen-bond acceptors (Lipinski definition) is 12. The molecule has 0 radical (unpaired) electrons. The van der Waals surface area contributed by atoms with Crippen LogP contribution in [0.2, 0.25) is 0 Å². The molecular weight excluding hydrogens is 706 g/mol. The first-order valence-corrected chi connectivity index (χ1v) is 19.0. The summed E-state index contributed by atoms with van der Waals surface area (Å²) in [5.41, 5.74) is 5.34. The van der Waals surface area contributed by atoms with Crippen LogP contribution in [-0.4, -0.2) is 71.3 Å². The smallest absolute Gasteiger partial charge is 0.388 e. The summed E-state index contributed by atoms with van der Waals surface area (Å²) in [5.74, 6) is -1.31. The zero-order valence-electron chi connectivity index (χ0n) is 29.9. The predicted molar refractivity (Wildman–Crippen MR) is 193 cm³/mol. The average molecular weight is 750 g/mol. The molecule has 0 amide bonds. The second-order valence-electron chi connectivity index (χ2n) is 12.9. The van der Waals surface area contributed by atoms with Gasteiger partial charge in [0.2, 0.25) is 5.75 Å². The van der Waals surface area contributed by atoms with Crippen molar-refractivity contribution in [3.63, 3.8) is 0 Å². The van der Waals surface area contributed by atoms with Gasteiger partial charge in [-0.1, -0.05) is 41.6 Å². The molecule has 0 aliphatic carbocycles. The summed E-state index contributed by atoms with van der Waals surface area (Å²) in [4.78, 5) is 23.8. The summed E-state index contributed by atoms with van der Waals surface area (Å²) in [6.07, 6.45) is 5.15. The Kier molecular flexibility index (Phi) is 12.0. The summed E-state index contributed by atoms with van der Waals surface area (Å²) < 4.78 is 57.1. The number of benzene rings is 3. The number of para-hydroxylation sites is 2. The largest absolute Gasteiger partial charge is 0.466 e. The fraction of sp³-hybridized carbons (Fsp3) is 0.432. The highest BCUT2D eigenvalue weighted by atomic mass is 32.2. The summed E-state index contributed by atoms with van der Waals surface area (Å²) in [5, 5.41) is 20.3. The van der Waals surface area contributed by atoms with E-state index in [0.717, 1.165) is 69.9 Å². The maximum atomic E-state index is 13.3. The Bertz CT molecular complexity index is 2090. The van der Waals surface area contributed by atoms with Gasteiger partial charge in [-0.05, 0) is 86.4 Å². The van der Waals surface area contributed by atoms with Crippen LogP contribution in [0, 0.1) is 24.0 Å². The molecule has 0 spiro atoms. The monoisotopic (exact) mass is 749 g/mol. The van der Waals surface area contributed by atoms with Gasteiger partial charge in [0.1, 0.15) is 5.52 Å². The predicted octanol–water partition coefficient (Wildman–Crippen LogP) is 5.97. The molecule has 3 aromatic carbocycles. The van der Waals surface area contributed by atoms with Crippen LogP contribution in [0.1, 0.15) is 72.8 Å². The van der Waals surface area contributed by atoms with Crippen molar-refractivity contribution in [2.24, 2.45) is 0 Å². The van der Waals surface area contributed by atoms with Crippen LogP contribution in [0.3, 0.4) is 0 Å². The number of hydrogen-bond donors (Lipinski definition) is 0. The number of carbonyl (C=O) groups excluding carboxylic acids is 1. The highest BCUT2D eigenvalue weighted by molar-refractivity contribution is 7.84. The van der Waals surface area contributed by atoms with Crippen molar-refractivity contribution in [3.8, 4) is 5.75 Å². The lowest BCUT2D eigenvalue weighted by atomic mass is 9.84. The molecule has 2 unspecified atom stereocenters. The average Bonchev–Trinajstić information content (AvgIpc) is 3.55. The second kappa shape index (κ2) is 16.8. The molecule has 53 heavy (non-hydrogen) atoms. The van der Waals surface area contributed by atoms with Crippen molar-refractivity contribution in [2.75, 3.05) is 26.4 Å². The first-order chi connectivity index (χ1) is 25.5. The minimum absolute atomic E-state index is 0.0354. The van der Waals surface area contributed by atoms with Gasteiger partial charge in [0.05, 0.1) is 30.1 Å². The molecule has 1 saturated heterocycles. The zero-order chi connectivity index (χ0) is 37.5. The highest BCUT2D eigenvalue weighted by Crippen LogP contribution is 2.36. The molecule has 3 heterocycles. The molecule has 0 N–H and O–H groups in total. The molecule has 0 bridgehead atoms. The van der Waals surface area contributed by atoms with Gasteiger partial charge in [-0.25, -0.2) is 4.68 Å². The molecule has 2 aliphatic heterocycles. The molecule has 2 atom stereocenters. The fourth-order valence-corrected chi connectivity index (χ4v) is 7.49. The summed E-state index contributed by atoms with van der Waals surface area (Å²) >= 11 is 0. The number of nitro groups is 1. The van der Waals surface area contributed by atoms with Crippen LogP contribution < -0.4 is 4.74 Å². The van der Waals surface area contributed by atoms with E-state index < -0.39 is 21.1 Å². The summed E-state index contributed by atoms with van der Waals surface area (Å²) in [7, 11) is -4.33. The molecule has 2 aliphatic rings. The van der Waals surface area contributed by atoms with E-state index >= 15 is 0 Å². The Morgan fingerprint density at radius 3 is 2.72 bits per heavy atom. The van der Waals surface area contributed by atoms with E-state index in [0.29, 0.717) is 18.7 Å². The van der Waals surface area contributed by atoms with Crippen molar-refractivity contribution in [1.29, 1.82) is 0 Å². The van der Waals surface area contributed by atoms with Crippen molar-refractivity contribution < 1.29 is 41.3 Å². The normalized spacial score (nSPS) is 17.9. The van der Waals surface area contributed by atoms with Gasteiger partial charge >= 0.3 is 27.9 Å². The minimum atomic E-state index is -4.33. The van der Waals surface area contributed by atoms with Gasteiger partial charge in [-0.15, -0.1) is 5.10 Å². The number of aryl methyl sites for hydroxylation is 3. The third-order valence-corrected chi connectivity index (χ3v) is 10.6. The third kappa shape index (κ3) is 9.01. The van der Waals surface area contributed by atoms with Gasteiger partial charge in [0, 0.05) is 44.3 Å². The van der Waals surface area contributed by atoms with E-state index in [1.165, 1.54) is 30.3 Å². The quantitative estimate of drug-likeness (QED) is 0.0604. The molecule has 16 heteroatoms.